The summed E-state index contributed by atoms with van der Waals surface area (Å²) >= 11 is 5.25. The summed E-state index contributed by atoms with van der Waals surface area (Å²) in [6, 6.07) is 0.612. The summed E-state index contributed by atoms with van der Waals surface area (Å²) in [6.07, 6.45) is 8.30. The lowest BCUT2D eigenvalue weighted by molar-refractivity contribution is 0.726. The van der Waals surface area contributed by atoms with Crippen molar-refractivity contribution in [1.82, 2.24) is 9.97 Å². The Morgan fingerprint density at radius 3 is 2.93 bits per heavy atom. The molecule has 1 saturated heterocycles. The van der Waals surface area contributed by atoms with Crippen LogP contribution in [0.15, 0.2) is 16.9 Å². The Morgan fingerprint density at radius 1 is 1.53 bits per heavy atom. The molecule has 1 aliphatic heterocycles. The van der Waals surface area contributed by atoms with Gasteiger partial charge in [0.2, 0.25) is 5.95 Å². The number of halogens is 1. The Bertz CT molecular complexity index is 317. The number of aromatic nitrogens is 2. The van der Waals surface area contributed by atoms with Crippen molar-refractivity contribution in [3.63, 3.8) is 0 Å². The molecule has 1 atom stereocenters. The maximum absolute atomic E-state index is 4.35. The smallest absolute Gasteiger partial charge is 0.225 e. The summed E-state index contributed by atoms with van der Waals surface area (Å²) < 4.78 is 0.937. The van der Waals surface area contributed by atoms with Crippen molar-refractivity contribution < 1.29 is 0 Å². The molecule has 1 fully saturated rings. The van der Waals surface area contributed by atoms with Crippen molar-refractivity contribution in [2.45, 2.75) is 18.9 Å². The Morgan fingerprint density at radius 2 is 2.27 bits per heavy atom. The van der Waals surface area contributed by atoms with Gasteiger partial charge in [-0.25, -0.2) is 9.97 Å². The summed E-state index contributed by atoms with van der Waals surface area (Å²) in [7, 11) is 0. The predicted octanol–water partition coefficient (Wildman–Crippen LogP) is 2.57. The van der Waals surface area contributed by atoms with E-state index < -0.39 is 0 Å². The molecule has 1 unspecified atom stereocenters. The summed E-state index contributed by atoms with van der Waals surface area (Å²) in [5.41, 5.74) is 0. The Balaban J connectivity index is 2.11. The van der Waals surface area contributed by atoms with Crippen molar-refractivity contribution in [1.29, 1.82) is 0 Å². The third-order valence-electron chi connectivity index (χ3n) is 2.60. The van der Waals surface area contributed by atoms with Gasteiger partial charge in [0.05, 0.1) is 4.47 Å². The number of anilines is 1. The molecular weight excluding hydrogens is 274 g/mol. The fourth-order valence-electron chi connectivity index (χ4n) is 1.92. The lowest BCUT2D eigenvalue weighted by Crippen LogP contribution is -2.32. The average molecular weight is 288 g/mol. The molecule has 0 bridgehead atoms. The van der Waals surface area contributed by atoms with Crippen LogP contribution in [0.3, 0.4) is 0 Å². The van der Waals surface area contributed by atoms with Crippen LogP contribution >= 0.6 is 27.7 Å². The molecule has 0 saturated carbocycles. The maximum Gasteiger partial charge on any atom is 0.225 e. The van der Waals surface area contributed by atoms with E-state index in [4.69, 9.17) is 0 Å². The fraction of sp³-hybridized carbons (Fsp3) is 0.600. The predicted molar refractivity (Wildman–Crippen MR) is 68.5 cm³/mol. The zero-order valence-electron chi connectivity index (χ0n) is 8.69. The van der Waals surface area contributed by atoms with Gasteiger partial charge in [-0.05, 0) is 35.0 Å². The van der Waals surface area contributed by atoms with Crippen LogP contribution in [0, 0.1) is 0 Å². The highest BCUT2D eigenvalue weighted by Gasteiger charge is 2.25. The largest absolute Gasteiger partial charge is 0.337 e. The second kappa shape index (κ2) is 5.16. The van der Waals surface area contributed by atoms with E-state index >= 15 is 0 Å². The third-order valence-corrected chi connectivity index (χ3v) is 3.73. The van der Waals surface area contributed by atoms with Crippen LogP contribution in [0.4, 0.5) is 5.95 Å². The van der Waals surface area contributed by atoms with Crippen LogP contribution in [0.1, 0.15) is 12.8 Å². The fourth-order valence-corrected chi connectivity index (χ4v) is 2.85. The Hall–Kier alpha value is -0.290. The summed E-state index contributed by atoms with van der Waals surface area (Å²) in [5.74, 6) is 2.04. The molecule has 0 spiro atoms. The molecule has 2 heterocycles. The molecule has 1 aliphatic rings. The molecule has 0 amide bonds. The van der Waals surface area contributed by atoms with Crippen molar-refractivity contribution >= 4 is 33.6 Å². The van der Waals surface area contributed by atoms with Gasteiger partial charge in [0.1, 0.15) is 0 Å². The van der Waals surface area contributed by atoms with E-state index in [0.717, 1.165) is 17.0 Å². The molecule has 0 N–H and O–H groups in total. The lowest BCUT2D eigenvalue weighted by atomic mass is 10.2. The zero-order chi connectivity index (χ0) is 10.7. The minimum absolute atomic E-state index is 0.612. The molecular formula is C10H14BrN3S. The Kier molecular flexibility index (Phi) is 3.86. The van der Waals surface area contributed by atoms with Crippen LogP contribution in [-0.2, 0) is 0 Å². The highest BCUT2D eigenvalue weighted by molar-refractivity contribution is 9.10. The summed E-state index contributed by atoms with van der Waals surface area (Å²) in [4.78, 5) is 11.0. The van der Waals surface area contributed by atoms with Crippen LogP contribution < -0.4 is 4.90 Å². The molecule has 0 aromatic carbocycles. The van der Waals surface area contributed by atoms with Gasteiger partial charge in [-0.1, -0.05) is 0 Å². The van der Waals surface area contributed by atoms with Crippen molar-refractivity contribution in [3.05, 3.63) is 16.9 Å². The first-order valence-corrected chi connectivity index (χ1v) is 7.23. The van der Waals surface area contributed by atoms with E-state index in [1.165, 1.54) is 18.6 Å². The molecule has 1 aromatic rings. The number of nitrogens with zero attached hydrogens (tertiary/aromatic N) is 3. The van der Waals surface area contributed by atoms with E-state index in [9.17, 15) is 0 Å². The van der Waals surface area contributed by atoms with Gasteiger partial charge in [0.15, 0.2) is 0 Å². The Labute approximate surface area is 103 Å². The lowest BCUT2D eigenvalue weighted by Gasteiger charge is -2.23. The topological polar surface area (TPSA) is 29.0 Å². The van der Waals surface area contributed by atoms with Gasteiger partial charge in [-0.3, -0.25) is 0 Å². The number of hydrogen-bond acceptors (Lipinski definition) is 4. The number of hydrogen-bond donors (Lipinski definition) is 0. The SMILES string of the molecule is CSCC1CCCN1c1ncc(Br)cn1. The van der Waals surface area contributed by atoms with Gasteiger partial charge in [0.25, 0.3) is 0 Å². The van der Waals surface area contributed by atoms with Gasteiger partial charge in [0, 0.05) is 30.7 Å². The third kappa shape index (κ3) is 2.64. The molecule has 5 heteroatoms. The minimum atomic E-state index is 0.612. The van der Waals surface area contributed by atoms with Gasteiger partial charge in [-0.15, -0.1) is 0 Å². The van der Waals surface area contributed by atoms with E-state index in [1.54, 1.807) is 0 Å². The first kappa shape index (κ1) is 11.2. The molecule has 1 aromatic heterocycles. The molecule has 0 radical (unpaired) electrons. The van der Waals surface area contributed by atoms with Crippen molar-refractivity contribution in [2.24, 2.45) is 0 Å². The molecule has 3 nitrogen and oxygen atoms in total. The van der Waals surface area contributed by atoms with E-state index in [0.29, 0.717) is 6.04 Å². The van der Waals surface area contributed by atoms with Crippen molar-refractivity contribution in [3.8, 4) is 0 Å². The number of thioether (sulfide) groups is 1. The van der Waals surface area contributed by atoms with Gasteiger partial charge >= 0.3 is 0 Å². The van der Waals surface area contributed by atoms with E-state index in [-0.39, 0.29) is 0 Å². The van der Waals surface area contributed by atoms with Gasteiger partial charge < -0.3 is 4.90 Å². The molecule has 2 rings (SSSR count). The van der Waals surface area contributed by atoms with Crippen LogP contribution in [-0.4, -0.2) is 34.6 Å². The average Bonchev–Trinajstić information content (AvgIpc) is 2.68. The molecule has 0 aliphatic carbocycles. The van der Waals surface area contributed by atoms with Crippen LogP contribution in [0.2, 0.25) is 0 Å². The quantitative estimate of drug-likeness (QED) is 0.855. The van der Waals surface area contributed by atoms with Gasteiger partial charge in [-0.2, -0.15) is 11.8 Å². The molecule has 15 heavy (non-hydrogen) atoms. The highest BCUT2D eigenvalue weighted by Crippen LogP contribution is 2.24. The standard InChI is InChI=1S/C10H14BrN3S/c1-15-7-9-3-2-4-14(9)10-12-5-8(11)6-13-10/h5-6,9H,2-4,7H2,1H3. The molecule has 82 valence electrons. The van der Waals surface area contributed by atoms with E-state index in [1.807, 2.05) is 24.2 Å². The van der Waals surface area contributed by atoms with Crippen LogP contribution in [0.25, 0.3) is 0 Å². The first-order valence-electron chi connectivity index (χ1n) is 5.04. The van der Waals surface area contributed by atoms with Crippen molar-refractivity contribution in [2.75, 3.05) is 23.5 Å². The highest BCUT2D eigenvalue weighted by atomic mass is 79.9. The van der Waals surface area contributed by atoms with E-state index in [2.05, 4.69) is 37.1 Å². The second-order valence-electron chi connectivity index (χ2n) is 3.65. The zero-order valence-corrected chi connectivity index (χ0v) is 11.1. The second-order valence-corrected chi connectivity index (χ2v) is 5.47. The summed E-state index contributed by atoms with van der Waals surface area (Å²) in [6.45, 7) is 1.09. The van der Waals surface area contributed by atoms with Crippen LogP contribution in [0.5, 0.6) is 0 Å². The summed E-state index contributed by atoms with van der Waals surface area (Å²) in [5, 5.41) is 0. The minimum Gasteiger partial charge on any atom is -0.337 e. The number of rotatable bonds is 3. The normalized spacial score (nSPS) is 20.9. The first-order chi connectivity index (χ1) is 7.31. The monoisotopic (exact) mass is 287 g/mol. The maximum atomic E-state index is 4.35.